The van der Waals surface area contributed by atoms with Gasteiger partial charge < -0.3 is 10.5 Å². The molecule has 0 spiro atoms. The summed E-state index contributed by atoms with van der Waals surface area (Å²) in [4.78, 5) is 0. The lowest BCUT2D eigenvalue weighted by Gasteiger charge is -2.30. The predicted octanol–water partition coefficient (Wildman–Crippen LogP) is 3.30. The van der Waals surface area contributed by atoms with Crippen LogP contribution in [0.3, 0.4) is 0 Å². The third kappa shape index (κ3) is 3.16. The van der Waals surface area contributed by atoms with E-state index in [1.165, 1.54) is 0 Å². The highest BCUT2D eigenvalue weighted by Gasteiger charge is 2.26. The van der Waals surface area contributed by atoms with Gasteiger partial charge in [0, 0.05) is 12.0 Å². The smallest absolute Gasteiger partial charge is 0.387 e. The van der Waals surface area contributed by atoms with E-state index >= 15 is 0 Å². The molecule has 0 aliphatic rings. The lowest BCUT2D eigenvalue weighted by atomic mass is 9.76. The molecule has 0 bridgehead atoms. The molecule has 2 N–H and O–H groups in total. The molecule has 17 heavy (non-hydrogen) atoms. The number of hydrogen-bond donors (Lipinski definition) is 1. The Morgan fingerprint density at radius 2 is 1.71 bits per heavy atom. The van der Waals surface area contributed by atoms with E-state index in [1.54, 1.807) is 12.1 Å². The Labute approximate surface area is 101 Å². The molecule has 0 heterocycles. The maximum absolute atomic E-state index is 12.0. The van der Waals surface area contributed by atoms with Crippen molar-refractivity contribution in [3.8, 4) is 5.75 Å². The summed E-state index contributed by atoms with van der Waals surface area (Å²) in [6.07, 6.45) is 1.85. The molecule has 0 saturated heterocycles. The zero-order chi connectivity index (χ0) is 12.9. The summed E-state index contributed by atoms with van der Waals surface area (Å²) in [5.41, 5.74) is 6.84. The van der Waals surface area contributed by atoms with Crippen molar-refractivity contribution in [1.29, 1.82) is 0 Å². The summed E-state index contributed by atoms with van der Waals surface area (Å²) in [5.74, 6) is 0.182. The normalized spacial score (nSPS) is 11.9. The molecule has 1 aromatic rings. The van der Waals surface area contributed by atoms with Crippen LogP contribution < -0.4 is 10.5 Å². The predicted molar refractivity (Wildman–Crippen MR) is 64.4 cm³/mol. The van der Waals surface area contributed by atoms with Crippen LogP contribution in [0.5, 0.6) is 5.75 Å². The first-order valence-corrected chi connectivity index (χ1v) is 5.83. The fraction of sp³-hybridized carbons (Fsp3) is 0.538. The van der Waals surface area contributed by atoms with Crippen molar-refractivity contribution in [3.63, 3.8) is 0 Å². The maximum atomic E-state index is 12.0. The van der Waals surface area contributed by atoms with Gasteiger partial charge in [-0.05, 0) is 30.5 Å². The summed E-state index contributed by atoms with van der Waals surface area (Å²) < 4.78 is 28.3. The van der Waals surface area contributed by atoms with Crippen molar-refractivity contribution in [2.75, 3.05) is 6.54 Å². The second-order valence-electron chi connectivity index (χ2n) is 4.09. The molecule has 0 unspecified atom stereocenters. The van der Waals surface area contributed by atoms with Crippen molar-refractivity contribution < 1.29 is 13.5 Å². The number of hydrogen-bond acceptors (Lipinski definition) is 2. The number of rotatable bonds is 6. The van der Waals surface area contributed by atoms with Crippen molar-refractivity contribution in [1.82, 2.24) is 0 Å². The molecule has 0 amide bonds. The van der Waals surface area contributed by atoms with Crippen LogP contribution in [0.1, 0.15) is 32.3 Å². The number of nitrogens with two attached hydrogens (primary N) is 1. The highest BCUT2D eigenvalue weighted by molar-refractivity contribution is 5.32. The van der Waals surface area contributed by atoms with Crippen LogP contribution >= 0.6 is 0 Å². The molecule has 0 radical (unpaired) electrons. The number of alkyl halides is 2. The van der Waals surface area contributed by atoms with Gasteiger partial charge in [0.15, 0.2) is 0 Å². The molecule has 0 aromatic heterocycles. The van der Waals surface area contributed by atoms with Crippen LogP contribution in [0.15, 0.2) is 24.3 Å². The van der Waals surface area contributed by atoms with Crippen molar-refractivity contribution in [2.24, 2.45) is 5.73 Å². The first-order chi connectivity index (χ1) is 8.07. The molecule has 1 aromatic carbocycles. The molecular weight excluding hydrogens is 224 g/mol. The second-order valence-corrected chi connectivity index (χ2v) is 4.09. The zero-order valence-corrected chi connectivity index (χ0v) is 10.2. The SMILES string of the molecule is CCC(CC)(CN)c1ccc(OC(F)F)cc1. The Bertz CT molecular complexity index is 326. The zero-order valence-electron chi connectivity index (χ0n) is 10.2. The number of benzene rings is 1. The monoisotopic (exact) mass is 243 g/mol. The molecule has 2 nitrogen and oxygen atoms in total. The molecule has 0 fully saturated rings. The van der Waals surface area contributed by atoms with Crippen LogP contribution in [0.25, 0.3) is 0 Å². The summed E-state index contributed by atoms with van der Waals surface area (Å²) in [6, 6.07) is 6.77. The third-order valence-electron chi connectivity index (χ3n) is 3.44. The number of ether oxygens (including phenoxy) is 1. The minimum atomic E-state index is -2.78. The summed E-state index contributed by atoms with van der Waals surface area (Å²) in [5, 5.41) is 0. The third-order valence-corrected chi connectivity index (χ3v) is 3.44. The van der Waals surface area contributed by atoms with Gasteiger partial charge in [-0.2, -0.15) is 8.78 Å². The van der Waals surface area contributed by atoms with Crippen LogP contribution in [0.4, 0.5) is 8.78 Å². The van der Waals surface area contributed by atoms with Gasteiger partial charge in [0.25, 0.3) is 0 Å². The maximum Gasteiger partial charge on any atom is 0.387 e. The lowest BCUT2D eigenvalue weighted by Crippen LogP contribution is -2.33. The first-order valence-electron chi connectivity index (χ1n) is 5.83. The van der Waals surface area contributed by atoms with Gasteiger partial charge in [0.1, 0.15) is 5.75 Å². The highest BCUT2D eigenvalue weighted by atomic mass is 19.3. The molecule has 0 aliphatic carbocycles. The topological polar surface area (TPSA) is 35.2 Å². The van der Waals surface area contributed by atoms with Gasteiger partial charge in [-0.3, -0.25) is 0 Å². The quantitative estimate of drug-likeness (QED) is 0.832. The Balaban J connectivity index is 2.92. The van der Waals surface area contributed by atoms with E-state index in [0.29, 0.717) is 6.54 Å². The molecular formula is C13H19F2NO. The van der Waals surface area contributed by atoms with Crippen molar-refractivity contribution in [3.05, 3.63) is 29.8 Å². The first kappa shape index (κ1) is 13.9. The summed E-state index contributed by atoms with van der Waals surface area (Å²) >= 11 is 0. The van der Waals surface area contributed by atoms with E-state index < -0.39 is 6.61 Å². The summed E-state index contributed by atoms with van der Waals surface area (Å²) in [6.45, 7) is 1.94. The van der Waals surface area contributed by atoms with Gasteiger partial charge >= 0.3 is 6.61 Å². The van der Waals surface area contributed by atoms with E-state index in [4.69, 9.17) is 5.73 Å². The Morgan fingerprint density at radius 1 is 1.18 bits per heavy atom. The van der Waals surface area contributed by atoms with E-state index in [-0.39, 0.29) is 11.2 Å². The van der Waals surface area contributed by atoms with E-state index in [1.807, 2.05) is 12.1 Å². The largest absolute Gasteiger partial charge is 0.435 e. The fourth-order valence-electron chi connectivity index (χ4n) is 2.05. The van der Waals surface area contributed by atoms with E-state index in [0.717, 1.165) is 18.4 Å². The van der Waals surface area contributed by atoms with Crippen LogP contribution in [-0.2, 0) is 5.41 Å². The molecule has 96 valence electrons. The van der Waals surface area contributed by atoms with E-state index in [9.17, 15) is 8.78 Å². The summed E-state index contributed by atoms with van der Waals surface area (Å²) in [7, 11) is 0. The average molecular weight is 243 g/mol. The molecule has 4 heteroatoms. The Hall–Kier alpha value is -1.16. The molecule has 1 rings (SSSR count). The van der Waals surface area contributed by atoms with Crippen molar-refractivity contribution in [2.45, 2.75) is 38.7 Å². The van der Waals surface area contributed by atoms with Gasteiger partial charge in [0.2, 0.25) is 0 Å². The van der Waals surface area contributed by atoms with Crippen LogP contribution in [-0.4, -0.2) is 13.2 Å². The van der Waals surface area contributed by atoms with Crippen LogP contribution in [0.2, 0.25) is 0 Å². The highest BCUT2D eigenvalue weighted by Crippen LogP contribution is 2.31. The van der Waals surface area contributed by atoms with Gasteiger partial charge in [-0.15, -0.1) is 0 Å². The van der Waals surface area contributed by atoms with Gasteiger partial charge in [0.05, 0.1) is 0 Å². The van der Waals surface area contributed by atoms with Crippen molar-refractivity contribution >= 4 is 0 Å². The Kier molecular flexibility index (Phi) is 4.87. The molecule has 0 aliphatic heterocycles. The standard InChI is InChI=1S/C13H19F2NO/c1-3-13(4-2,9-16)10-5-7-11(8-6-10)17-12(14)15/h5-8,12H,3-4,9,16H2,1-2H3. The second kappa shape index (κ2) is 5.96. The minimum absolute atomic E-state index is 0.0661. The van der Waals surface area contributed by atoms with Crippen LogP contribution in [0, 0.1) is 0 Å². The van der Waals surface area contributed by atoms with Gasteiger partial charge in [-0.25, -0.2) is 0 Å². The molecule has 0 atom stereocenters. The lowest BCUT2D eigenvalue weighted by molar-refractivity contribution is -0.0498. The van der Waals surface area contributed by atoms with E-state index in [2.05, 4.69) is 18.6 Å². The number of halogens is 2. The molecule has 0 saturated carbocycles. The van der Waals surface area contributed by atoms with Gasteiger partial charge in [-0.1, -0.05) is 26.0 Å². The minimum Gasteiger partial charge on any atom is -0.435 e. The Morgan fingerprint density at radius 3 is 2.06 bits per heavy atom. The fourth-order valence-corrected chi connectivity index (χ4v) is 2.05. The average Bonchev–Trinajstić information content (AvgIpc) is 2.33.